The Morgan fingerprint density at radius 2 is 0.500 bits per heavy atom. The van der Waals surface area contributed by atoms with Crippen LogP contribution in [0.1, 0.15) is 0 Å². The van der Waals surface area contributed by atoms with E-state index in [1.54, 1.807) is 0 Å². The van der Waals surface area contributed by atoms with Crippen molar-refractivity contribution < 1.29 is 0 Å². The van der Waals surface area contributed by atoms with Crippen LogP contribution >= 0.6 is 0 Å². The maximum atomic E-state index is 6.03. The van der Waals surface area contributed by atoms with E-state index in [9.17, 15) is 0 Å². The molecular formula is C86H56N6. The summed E-state index contributed by atoms with van der Waals surface area (Å²) >= 11 is 0. The third kappa shape index (κ3) is 9.53. The first-order valence-corrected chi connectivity index (χ1v) is 31.2. The van der Waals surface area contributed by atoms with Gasteiger partial charge in [-0.05, 0) is 99.6 Å². The van der Waals surface area contributed by atoms with Crippen LogP contribution in [0, 0.1) is 0 Å². The molecule has 0 saturated carbocycles. The number of rotatable bonds is 12. The molecule has 0 atom stereocenters. The van der Waals surface area contributed by atoms with Crippen molar-refractivity contribution in [3.63, 3.8) is 0 Å². The molecule has 4 heterocycles. The average molecular weight is 1170 g/mol. The molecule has 0 bridgehead atoms. The molecule has 6 nitrogen and oxygen atoms in total. The van der Waals surface area contributed by atoms with Crippen LogP contribution in [0.5, 0.6) is 0 Å². The van der Waals surface area contributed by atoms with Crippen LogP contribution in [0.3, 0.4) is 0 Å². The molecule has 0 spiro atoms. The summed E-state index contributed by atoms with van der Waals surface area (Å²) in [5, 5.41) is 4.81. The van der Waals surface area contributed by atoms with Crippen LogP contribution < -0.4 is 0 Å². The molecule has 0 fully saturated rings. The highest BCUT2D eigenvalue weighted by Gasteiger charge is 2.29. The monoisotopic (exact) mass is 1170 g/mol. The summed E-state index contributed by atoms with van der Waals surface area (Å²) in [5.74, 6) is 1.73. The molecule has 0 unspecified atom stereocenters. The Hall–Kier alpha value is -12.4. The van der Waals surface area contributed by atoms with Crippen LogP contribution in [0.15, 0.2) is 340 Å². The number of hydrogen-bond acceptors (Lipinski definition) is 4. The second-order valence-electron chi connectivity index (χ2n) is 23.2. The first-order valence-electron chi connectivity index (χ1n) is 31.2. The zero-order valence-electron chi connectivity index (χ0n) is 50.0. The topological polar surface area (TPSA) is 61.4 Å². The maximum Gasteiger partial charge on any atom is 0.164 e. The summed E-state index contributed by atoms with van der Waals surface area (Å²) in [5.41, 5.74) is 23.6. The first kappa shape index (κ1) is 53.8. The first-order chi connectivity index (χ1) is 45.6. The summed E-state index contributed by atoms with van der Waals surface area (Å²) in [6.45, 7) is 0. The molecular weight excluding hydrogens is 1120 g/mol. The molecule has 0 N–H and O–H groups in total. The van der Waals surface area contributed by atoms with Crippen molar-refractivity contribution in [3.8, 4) is 124 Å². The van der Waals surface area contributed by atoms with Crippen molar-refractivity contribution in [1.29, 1.82) is 0 Å². The van der Waals surface area contributed by atoms with E-state index in [4.69, 9.17) is 19.9 Å². The Labute approximate surface area is 533 Å². The van der Waals surface area contributed by atoms with Crippen LogP contribution in [-0.4, -0.2) is 29.1 Å². The maximum absolute atomic E-state index is 6.03. The number of nitrogens with zero attached hydrogens (tertiary/aromatic N) is 6. The van der Waals surface area contributed by atoms with Gasteiger partial charge in [-0.2, -0.15) is 0 Å². The summed E-state index contributed by atoms with van der Waals surface area (Å²) in [6.07, 6.45) is 0. The van der Waals surface area contributed by atoms with Gasteiger partial charge in [0.05, 0.1) is 33.5 Å². The Morgan fingerprint density at radius 3 is 0.957 bits per heavy atom. The Bertz CT molecular complexity index is 5510. The number of para-hydroxylation sites is 2. The van der Waals surface area contributed by atoms with Crippen LogP contribution in [0.2, 0.25) is 0 Å². The van der Waals surface area contributed by atoms with Crippen molar-refractivity contribution in [2.75, 3.05) is 0 Å². The van der Waals surface area contributed by atoms with Gasteiger partial charge in [0.25, 0.3) is 0 Å². The molecule has 13 aromatic carbocycles. The molecule has 6 heteroatoms. The molecule has 0 aliphatic carbocycles. The van der Waals surface area contributed by atoms with Crippen LogP contribution in [0.25, 0.3) is 167 Å². The lowest BCUT2D eigenvalue weighted by Gasteiger charge is -2.25. The van der Waals surface area contributed by atoms with Crippen molar-refractivity contribution >= 4 is 43.6 Å². The molecule has 0 aliphatic rings. The fourth-order valence-corrected chi connectivity index (χ4v) is 13.5. The highest BCUT2D eigenvalue weighted by atomic mass is 15.0. The van der Waals surface area contributed by atoms with Crippen LogP contribution in [0.4, 0.5) is 0 Å². The summed E-state index contributed by atoms with van der Waals surface area (Å²) in [7, 11) is 0. The standard InChI is InChI=1S/C86H56N6/c1-7-25-57(26-8-1)65-47-53-77-73(55-65)69-37-21-23-41-75(69)91(77)67-49-43-60(44-50-67)80-81(71-39-19-20-40-72(71)86-89-84(63-33-15-5-16-34-63)88-85(90-86)64-35-17-6-18-36-64)79(59-29-11-3-12-30-59)83(87-82(80)61-31-13-4-14-32-61)62-45-51-68(52-46-62)92-76-42-24-22-38-70(76)74-56-66(48-54-78(74)92)58-27-9-2-10-28-58/h1-56H. The molecule has 17 rings (SSSR count). The number of hydrogen-bond donors (Lipinski definition) is 0. The molecule has 17 aromatic rings. The Kier molecular flexibility index (Phi) is 13.4. The van der Waals surface area contributed by atoms with E-state index >= 15 is 0 Å². The van der Waals surface area contributed by atoms with Gasteiger partial charge < -0.3 is 9.13 Å². The van der Waals surface area contributed by atoms with Gasteiger partial charge in [-0.25, -0.2) is 19.9 Å². The van der Waals surface area contributed by atoms with Crippen molar-refractivity contribution in [2.45, 2.75) is 0 Å². The normalized spacial score (nSPS) is 11.5. The molecule has 430 valence electrons. The predicted molar refractivity (Wildman–Crippen MR) is 381 cm³/mol. The smallest absolute Gasteiger partial charge is 0.164 e. The zero-order chi connectivity index (χ0) is 60.9. The number of aromatic nitrogens is 6. The van der Waals surface area contributed by atoms with Gasteiger partial charge >= 0.3 is 0 Å². The summed E-state index contributed by atoms with van der Waals surface area (Å²) in [6, 6.07) is 121. The van der Waals surface area contributed by atoms with Crippen molar-refractivity contribution in [2.24, 2.45) is 0 Å². The summed E-state index contributed by atoms with van der Waals surface area (Å²) < 4.78 is 4.79. The predicted octanol–water partition coefficient (Wildman–Crippen LogP) is 22.1. The Balaban J connectivity index is 0.920. The zero-order valence-corrected chi connectivity index (χ0v) is 50.0. The largest absolute Gasteiger partial charge is 0.309 e. The van der Waals surface area contributed by atoms with E-state index < -0.39 is 0 Å². The molecule has 0 saturated heterocycles. The summed E-state index contributed by atoms with van der Waals surface area (Å²) in [4.78, 5) is 22.0. The molecule has 4 aromatic heterocycles. The van der Waals surface area contributed by atoms with E-state index in [0.717, 1.165) is 106 Å². The third-order valence-electron chi connectivity index (χ3n) is 17.8. The van der Waals surface area contributed by atoms with Gasteiger partial charge in [-0.1, -0.05) is 279 Å². The third-order valence-corrected chi connectivity index (χ3v) is 17.8. The van der Waals surface area contributed by atoms with Crippen LogP contribution in [-0.2, 0) is 0 Å². The quantitative estimate of drug-likeness (QED) is 0.122. The lowest BCUT2D eigenvalue weighted by atomic mass is 9.82. The van der Waals surface area contributed by atoms with Crippen molar-refractivity contribution in [1.82, 2.24) is 29.1 Å². The van der Waals surface area contributed by atoms with Gasteiger partial charge in [0, 0.05) is 77.4 Å². The van der Waals surface area contributed by atoms with Gasteiger partial charge in [-0.15, -0.1) is 0 Å². The molecule has 0 aliphatic heterocycles. The van der Waals surface area contributed by atoms with Gasteiger partial charge in [0.2, 0.25) is 0 Å². The lowest BCUT2D eigenvalue weighted by Crippen LogP contribution is -2.04. The fourth-order valence-electron chi connectivity index (χ4n) is 13.5. The Morgan fingerprint density at radius 1 is 0.185 bits per heavy atom. The minimum atomic E-state index is 0.557. The second-order valence-corrected chi connectivity index (χ2v) is 23.2. The van der Waals surface area contributed by atoms with Gasteiger partial charge in [0.15, 0.2) is 17.5 Å². The van der Waals surface area contributed by atoms with Gasteiger partial charge in [0.1, 0.15) is 0 Å². The van der Waals surface area contributed by atoms with E-state index in [-0.39, 0.29) is 0 Å². The molecule has 0 radical (unpaired) electrons. The molecule has 0 amide bonds. The average Bonchev–Trinajstić information content (AvgIpc) is 1.08. The lowest BCUT2D eigenvalue weighted by molar-refractivity contribution is 1.07. The van der Waals surface area contributed by atoms with E-state index in [1.165, 1.54) is 43.8 Å². The fraction of sp³-hybridized carbons (Fsp3) is 0. The number of benzene rings is 13. The number of pyridine rings is 1. The highest BCUT2D eigenvalue weighted by Crippen LogP contribution is 2.51. The number of fused-ring (bicyclic) bond motifs is 6. The van der Waals surface area contributed by atoms with Gasteiger partial charge in [-0.3, -0.25) is 0 Å². The second kappa shape index (κ2) is 23.0. The van der Waals surface area contributed by atoms with Crippen molar-refractivity contribution in [3.05, 3.63) is 340 Å². The van der Waals surface area contributed by atoms with E-state index in [2.05, 4.69) is 312 Å². The van der Waals surface area contributed by atoms with E-state index in [0.29, 0.717) is 17.5 Å². The van der Waals surface area contributed by atoms with E-state index in [1.807, 2.05) is 36.4 Å². The highest BCUT2D eigenvalue weighted by molar-refractivity contribution is 6.13. The SMILES string of the molecule is c1ccc(-c2ccc3c(c2)c2ccccc2n3-c2ccc(-c3nc(-c4ccccc4)c(-c4ccc(-n5c6ccccc6c6cc(-c7ccccc7)ccc65)cc4)c(-c4ccccc4-c4nc(-c5ccccc5)nc(-c5ccccc5)n4)c3-c3ccccc3)cc2)cc1. The minimum Gasteiger partial charge on any atom is -0.309 e. The minimum absolute atomic E-state index is 0.557. The molecule has 92 heavy (non-hydrogen) atoms.